The number of carbonyl (C=O) groups is 1. The molecule has 0 aliphatic carbocycles. The molecular formula is C18H19FN2O6S. The normalized spacial score (nSPS) is 11.4. The van der Waals surface area contributed by atoms with E-state index in [9.17, 15) is 27.7 Å². The minimum Gasteiger partial charge on any atom is -0.466 e. The fraction of sp³-hybridized carbons (Fsp3) is 0.278. The molecule has 0 spiro atoms. The average Bonchev–Trinajstić information content (AvgIpc) is 2.66. The van der Waals surface area contributed by atoms with Gasteiger partial charge in [-0.15, -0.1) is 0 Å². The number of non-ortho nitro benzene ring substituents is 1. The minimum atomic E-state index is -4.13. The molecule has 0 fully saturated rings. The Hall–Kier alpha value is -2.85. The monoisotopic (exact) mass is 410 g/mol. The first-order valence-electron chi connectivity index (χ1n) is 8.39. The first-order chi connectivity index (χ1) is 13.3. The Morgan fingerprint density at radius 1 is 1.18 bits per heavy atom. The Bertz CT molecular complexity index is 947. The highest BCUT2D eigenvalue weighted by atomic mass is 32.2. The Morgan fingerprint density at radius 3 is 2.39 bits per heavy atom. The quantitative estimate of drug-likeness (QED) is 0.357. The second-order valence-electron chi connectivity index (χ2n) is 5.74. The van der Waals surface area contributed by atoms with Crippen molar-refractivity contribution in [1.82, 2.24) is 4.31 Å². The molecule has 0 aromatic heterocycles. The maximum absolute atomic E-state index is 14.0. The van der Waals surface area contributed by atoms with Gasteiger partial charge in [0.05, 0.1) is 22.8 Å². The summed E-state index contributed by atoms with van der Waals surface area (Å²) in [5.41, 5.74) is -0.122. The zero-order valence-electron chi connectivity index (χ0n) is 15.1. The molecule has 2 aromatic carbocycles. The third-order valence-electron chi connectivity index (χ3n) is 3.86. The molecule has 0 N–H and O–H groups in total. The summed E-state index contributed by atoms with van der Waals surface area (Å²) < 4.78 is 45.7. The van der Waals surface area contributed by atoms with Crippen LogP contribution in [0.4, 0.5) is 10.1 Å². The molecule has 2 rings (SSSR count). The lowest BCUT2D eigenvalue weighted by atomic mass is 10.2. The molecule has 150 valence electrons. The standard InChI is InChI=1S/C18H19FN2O6S/c1-2-27-18(22)11-12-20(13-14-5-3-4-6-17(14)19)28(25,26)16-9-7-15(8-10-16)21(23)24/h3-10H,2,11-13H2,1H3. The van der Waals surface area contributed by atoms with E-state index in [4.69, 9.17) is 4.74 Å². The van der Waals surface area contributed by atoms with Gasteiger partial charge in [0.15, 0.2) is 0 Å². The predicted octanol–water partition coefficient (Wildman–Crippen LogP) is 2.88. The van der Waals surface area contributed by atoms with Gasteiger partial charge < -0.3 is 4.74 Å². The smallest absolute Gasteiger partial charge is 0.307 e. The lowest BCUT2D eigenvalue weighted by Gasteiger charge is -2.22. The molecule has 28 heavy (non-hydrogen) atoms. The highest BCUT2D eigenvalue weighted by molar-refractivity contribution is 7.89. The van der Waals surface area contributed by atoms with E-state index in [0.29, 0.717) is 0 Å². The van der Waals surface area contributed by atoms with E-state index in [2.05, 4.69) is 0 Å². The van der Waals surface area contributed by atoms with Crippen molar-refractivity contribution in [2.45, 2.75) is 24.8 Å². The number of benzene rings is 2. The average molecular weight is 410 g/mol. The molecule has 0 atom stereocenters. The maximum atomic E-state index is 14.0. The number of sulfonamides is 1. The van der Waals surface area contributed by atoms with Crippen molar-refractivity contribution in [3.63, 3.8) is 0 Å². The first kappa shape index (κ1) is 21.5. The van der Waals surface area contributed by atoms with Crippen LogP contribution in [-0.4, -0.2) is 36.8 Å². The molecule has 0 saturated carbocycles. The van der Waals surface area contributed by atoms with Crippen LogP contribution < -0.4 is 0 Å². The SMILES string of the molecule is CCOC(=O)CCN(Cc1ccccc1F)S(=O)(=O)c1ccc([N+](=O)[O-])cc1. The molecule has 0 amide bonds. The van der Waals surface area contributed by atoms with Crippen molar-refractivity contribution in [2.24, 2.45) is 0 Å². The van der Waals surface area contributed by atoms with Gasteiger partial charge in [0.1, 0.15) is 5.82 Å². The Balaban J connectivity index is 2.33. The molecule has 0 saturated heterocycles. The van der Waals surface area contributed by atoms with E-state index in [0.717, 1.165) is 28.6 Å². The van der Waals surface area contributed by atoms with Gasteiger partial charge in [-0.25, -0.2) is 12.8 Å². The number of halogens is 1. The first-order valence-corrected chi connectivity index (χ1v) is 9.83. The van der Waals surface area contributed by atoms with Crippen molar-refractivity contribution in [2.75, 3.05) is 13.2 Å². The van der Waals surface area contributed by atoms with Crippen LogP contribution in [0.1, 0.15) is 18.9 Å². The van der Waals surface area contributed by atoms with Crippen molar-refractivity contribution in [3.05, 3.63) is 70.0 Å². The second-order valence-corrected chi connectivity index (χ2v) is 7.67. The summed E-state index contributed by atoms with van der Waals surface area (Å²) in [5.74, 6) is -1.16. The van der Waals surface area contributed by atoms with Crippen LogP contribution in [0.15, 0.2) is 53.4 Å². The number of hydrogen-bond donors (Lipinski definition) is 0. The summed E-state index contributed by atoms with van der Waals surface area (Å²) in [6.07, 6.45) is -0.214. The third kappa shape index (κ3) is 5.33. The molecule has 10 heteroatoms. The van der Waals surface area contributed by atoms with Crippen LogP contribution in [0, 0.1) is 15.9 Å². The van der Waals surface area contributed by atoms with Gasteiger partial charge in [0.25, 0.3) is 5.69 Å². The summed E-state index contributed by atoms with van der Waals surface area (Å²) in [6.45, 7) is 1.25. The molecule has 8 nitrogen and oxygen atoms in total. The van der Waals surface area contributed by atoms with Gasteiger partial charge in [-0.1, -0.05) is 18.2 Å². The number of carbonyl (C=O) groups excluding carboxylic acids is 1. The molecule has 0 radical (unpaired) electrons. The van der Waals surface area contributed by atoms with Crippen LogP contribution in [-0.2, 0) is 26.1 Å². The fourth-order valence-electron chi connectivity index (χ4n) is 2.44. The van der Waals surface area contributed by atoms with Crippen molar-refractivity contribution >= 4 is 21.7 Å². The molecule has 0 heterocycles. The van der Waals surface area contributed by atoms with Crippen LogP contribution in [0.3, 0.4) is 0 Å². The molecule has 0 aliphatic heterocycles. The maximum Gasteiger partial charge on any atom is 0.307 e. The minimum absolute atomic E-state index is 0.136. The van der Waals surface area contributed by atoms with E-state index >= 15 is 0 Å². The van der Waals surface area contributed by atoms with E-state index in [1.807, 2.05) is 0 Å². The fourth-order valence-corrected chi connectivity index (χ4v) is 3.86. The molecule has 0 bridgehead atoms. The Kier molecular flexibility index (Phi) is 7.18. The zero-order chi connectivity index (χ0) is 20.7. The van der Waals surface area contributed by atoms with E-state index in [1.54, 1.807) is 13.0 Å². The molecular weight excluding hydrogens is 391 g/mol. The van der Waals surface area contributed by atoms with Crippen LogP contribution in [0.5, 0.6) is 0 Å². The van der Waals surface area contributed by atoms with Gasteiger partial charge in [0, 0.05) is 30.8 Å². The number of rotatable bonds is 9. The number of nitro benzene ring substituents is 1. The van der Waals surface area contributed by atoms with E-state index in [-0.39, 0.29) is 42.3 Å². The molecule has 0 aliphatic rings. The number of hydrogen-bond acceptors (Lipinski definition) is 6. The number of esters is 1. The lowest BCUT2D eigenvalue weighted by Crippen LogP contribution is -2.33. The van der Waals surface area contributed by atoms with Crippen LogP contribution >= 0.6 is 0 Å². The third-order valence-corrected chi connectivity index (χ3v) is 5.72. The Labute approximate surface area is 161 Å². The zero-order valence-corrected chi connectivity index (χ0v) is 15.9. The number of ether oxygens (including phenoxy) is 1. The highest BCUT2D eigenvalue weighted by Crippen LogP contribution is 2.22. The van der Waals surface area contributed by atoms with Gasteiger partial charge in [0.2, 0.25) is 10.0 Å². The highest BCUT2D eigenvalue weighted by Gasteiger charge is 2.27. The van der Waals surface area contributed by atoms with Gasteiger partial charge in [-0.2, -0.15) is 4.31 Å². The molecule has 2 aromatic rings. The van der Waals surface area contributed by atoms with E-state index < -0.39 is 26.7 Å². The second kappa shape index (κ2) is 9.38. The summed E-state index contributed by atoms with van der Waals surface area (Å²) in [5, 5.41) is 10.8. The largest absolute Gasteiger partial charge is 0.466 e. The van der Waals surface area contributed by atoms with Crippen LogP contribution in [0.25, 0.3) is 0 Å². The van der Waals surface area contributed by atoms with E-state index in [1.165, 1.54) is 18.2 Å². The van der Waals surface area contributed by atoms with Gasteiger partial charge >= 0.3 is 5.97 Å². The summed E-state index contributed by atoms with van der Waals surface area (Å²) in [4.78, 5) is 21.6. The van der Waals surface area contributed by atoms with Crippen molar-refractivity contribution in [1.29, 1.82) is 0 Å². The van der Waals surface area contributed by atoms with Crippen molar-refractivity contribution < 1.29 is 27.3 Å². The predicted molar refractivity (Wildman–Crippen MR) is 98.3 cm³/mol. The number of nitrogens with zero attached hydrogens (tertiary/aromatic N) is 2. The van der Waals surface area contributed by atoms with Gasteiger partial charge in [-0.3, -0.25) is 14.9 Å². The Morgan fingerprint density at radius 2 is 1.82 bits per heavy atom. The molecule has 0 unspecified atom stereocenters. The lowest BCUT2D eigenvalue weighted by molar-refractivity contribution is -0.384. The topological polar surface area (TPSA) is 107 Å². The summed E-state index contributed by atoms with van der Waals surface area (Å²) in [7, 11) is -4.13. The summed E-state index contributed by atoms with van der Waals surface area (Å²) in [6, 6.07) is 10.0. The van der Waals surface area contributed by atoms with Crippen LogP contribution in [0.2, 0.25) is 0 Å². The number of nitro groups is 1. The van der Waals surface area contributed by atoms with Gasteiger partial charge in [-0.05, 0) is 25.1 Å². The van der Waals surface area contributed by atoms with Crippen molar-refractivity contribution in [3.8, 4) is 0 Å². The summed E-state index contributed by atoms with van der Waals surface area (Å²) >= 11 is 0.